The standard InChI is InChI=1S/C17H28N4O7/c1-21(15(23)4-3-14(18)22)17(16(24)25,9-13-10-19-11-20-13)5-6-27-12-28-8-7-26-2/h10-11H,3-9,12H2,1-2H3,(H2,18,22)(H,19,20)(H,24,25)/t17-/m1/s1. The SMILES string of the molecule is COCCOCOCC[C@@](Cc1c[nH]cn1)(C(=O)O)N(C)C(=O)CCC(N)=O. The minimum Gasteiger partial charge on any atom is -0.479 e. The van der Waals surface area contributed by atoms with Gasteiger partial charge in [-0.3, -0.25) is 9.59 Å². The molecule has 1 atom stereocenters. The Morgan fingerprint density at radius 3 is 2.54 bits per heavy atom. The molecule has 1 rings (SSSR count). The molecule has 11 nitrogen and oxygen atoms in total. The van der Waals surface area contributed by atoms with E-state index in [4.69, 9.17) is 19.9 Å². The zero-order valence-corrected chi connectivity index (χ0v) is 16.2. The average Bonchev–Trinajstić information content (AvgIpc) is 3.16. The number of H-pyrrole nitrogens is 1. The monoisotopic (exact) mass is 400 g/mol. The van der Waals surface area contributed by atoms with Crippen molar-refractivity contribution in [2.45, 2.75) is 31.2 Å². The molecule has 0 saturated heterocycles. The molecule has 1 aromatic heterocycles. The Kier molecular flexibility index (Phi) is 10.1. The Morgan fingerprint density at radius 2 is 1.96 bits per heavy atom. The van der Waals surface area contributed by atoms with Crippen LogP contribution in [0.5, 0.6) is 0 Å². The molecule has 0 aliphatic carbocycles. The topological polar surface area (TPSA) is 157 Å². The molecule has 0 fully saturated rings. The molecule has 11 heteroatoms. The van der Waals surface area contributed by atoms with Gasteiger partial charge in [0.1, 0.15) is 12.3 Å². The number of carboxylic acids is 1. The Bertz CT molecular complexity index is 623. The predicted octanol–water partition coefficient (Wildman–Crippen LogP) is -0.473. The van der Waals surface area contributed by atoms with Gasteiger partial charge in [-0.1, -0.05) is 0 Å². The van der Waals surface area contributed by atoms with Crippen molar-refractivity contribution in [3.63, 3.8) is 0 Å². The lowest BCUT2D eigenvalue weighted by atomic mass is 9.87. The molecule has 158 valence electrons. The summed E-state index contributed by atoms with van der Waals surface area (Å²) in [5.41, 5.74) is 3.96. The zero-order chi connectivity index (χ0) is 21.0. The number of hydrogen-bond donors (Lipinski definition) is 3. The number of carbonyl (C=O) groups excluding carboxylic acids is 2. The van der Waals surface area contributed by atoms with Crippen molar-refractivity contribution in [3.05, 3.63) is 18.2 Å². The Labute approximate surface area is 163 Å². The Morgan fingerprint density at radius 1 is 1.25 bits per heavy atom. The Hall–Kier alpha value is -2.50. The van der Waals surface area contributed by atoms with E-state index in [1.165, 1.54) is 13.4 Å². The second-order valence-electron chi connectivity index (χ2n) is 6.17. The summed E-state index contributed by atoms with van der Waals surface area (Å²) in [6.07, 6.45) is 2.62. The Balaban J connectivity index is 2.85. The third-order valence-electron chi connectivity index (χ3n) is 4.29. The number of methoxy groups -OCH3 is 1. The van der Waals surface area contributed by atoms with Crippen LogP contribution in [-0.2, 0) is 35.0 Å². The van der Waals surface area contributed by atoms with Crippen molar-refractivity contribution >= 4 is 17.8 Å². The van der Waals surface area contributed by atoms with Gasteiger partial charge in [0.2, 0.25) is 11.8 Å². The van der Waals surface area contributed by atoms with E-state index in [1.54, 1.807) is 13.3 Å². The third-order valence-corrected chi connectivity index (χ3v) is 4.29. The first-order valence-electron chi connectivity index (χ1n) is 8.74. The molecular weight excluding hydrogens is 372 g/mol. The van der Waals surface area contributed by atoms with Gasteiger partial charge in [0.15, 0.2) is 0 Å². The number of nitrogens with one attached hydrogen (secondary N) is 1. The molecule has 2 amide bonds. The first-order valence-corrected chi connectivity index (χ1v) is 8.74. The van der Waals surface area contributed by atoms with E-state index in [9.17, 15) is 19.5 Å². The summed E-state index contributed by atoms with van der Waals surface area (Å²) in [7, 11) is 2.94. The predicted molar refractivity (Wildman–Crippen MR) is 97.1 cm³/mol. The molecule has 0 radical (unpaired) electrons. The second-order valence-corrected chi connectivity index (χ2v) is 6.17. The summed E-state index contributed by atoms with van der Waals surface area (Å²) < 4.78 is 15.4. The largest absolute Gasteiger partial charge is 0.479 e. The van der Waals surface area contributed by atoms with Crippen LogP contribution in [-0.4, -0.2) is 84.1 Å². The first-order chi connectivity index (χ1) is 13.3. The van der Waals surface area contributed by atoms with Crippen LogP contribution < -0.4 is 5.73 Å². The highest BCUT2D eigenvalue weighted by atomic mass is 16.7. The van der Waals surface area contributed by atoms with Gasteiger partial charge in [-0.2, -0.15) is 0 Å². The van der Waals surface area contributed by atoms with Gasteiger partial charge in [0, 0.05) is 46.0 Å². The normalized spacial score (nSPS) is 13.1. The van der Waals surface area contributed by atoms with Crippen molar-refractivity contribution < 1.29 is 33.7 Å². The van der Waals surface area contributed by atoms with E-state index in [0.717, 1.165) is 4.90 Å². The molecule has 0 unspecified atom stereocenters. The number of likely N-dealkylation sites (N-methyl/N-ethyl adjacent to an activating group) is 1. The highest BCUT2D eigenvalue weighted by Crippen LogP contribution is 2.25. The highest BCUT2D eigenvalue weighted by Gasteiger charge is 2.45. The van der Waals surface area contributed by atoms with E-state index in [2.05, 4.69) is 9.97 Å². The maximum absolute atomic E-state index is 12.5. The van der Waals surface area contributed by atoms with E-state index in [-0.39, 0.29) is 39.1 Å². The number of carbonyl (C=O) groups is 3. The van der Waals surface area contributed by atoms with E-state index in [1.807, 2.05) is 0 Å². The molecule has 0 bridgehead atoms. The molecule has 0 saturated carbocycles. The number of aromatic amines is 1. The second kappa shape index (κ2) is 12.1. The van der Waals surface area contributed by atoms with Crippen LogP contribution >= 0.6 is 0 Å². The fraction of sp³-hybridized carbons (Fsp3) is 0.647. The summed E-state index contributed by atoms with van der Waals surface area (Å²) in [5, 5.41) is 9.97. The zero-order valence-electron chi connectivity index (χ0n) is 16.2. The van der Waals surface area contributed by atoms with Gasteiger partial charge in [-0.15, -0.1) is 0 Å². The maximum Gasteiger partial charge on any atom is 0.330 e. The summed E-state index contributed by atoms with van der Waals surface area (Å²) in [6.45, 7) is 0.774. The molecule has 0 aromatic carbocycles. The van der Waals surface area contributed by atoms with Crippen LogP contribution in [0.15, 0.2) is 12.5 Å². The van der Waals surface area contributed by atoms with Crippen molar-refractivity contribution in [1.82, 2.24) is 14.9 Å². The van der Waals surface area contributed by atoms with Gasteiger partial charge in [-0.05, 0) is 0 Å². The number of amides is 2. The van der Waals surface area contributed by atoms with E-state index in [0.29, 0.717) is 18.9 Å². The maximum atomic E-state index is 12.5. The average molecular weight is 400 g/mol. The molecule has 28 heavy (non-hydrogen) atoms. The fourth-order valence-electron chi connectivity index (χ4n) is 2.58. The number of rotatable bonds is 15. The van der Waals surface area contributed by atoms with Gasteiger partial charge in [-0.25, -0.2) is 9.78 Å². The van der Waals surface area contributed by atoms with Gasteiger partial charge >= 0.3 is 5.97 Å². The lowest BCUT2D eigenvalue weighted by Crippen LogP contribution is -2.57. The minimum absolute atomic E-state index is 0.00163. The minimum atomic E-state index is -1.60. The smallest absolute Gasteiger partial charge is 0.330 e. The van der Waals surface area contributed by atoms with Crippen molar-refractivity contribution in [2.75, 3.05) is 40.8 Å². The lowest BCUT2D eigenvalue weighted by Gasteiger charge is -2.38. The van der Waals surface area contributed by atoms with Gasteiger partial charge < -0.3 is 34.9 Å². The molecule has 4 N–H and O–H groups in total. The lowest BCUT2D eigenvalue weighted by molar-refractivity contribution is -0.160. The third kappa shape index (κ3) is 7.25. The van der Waals surface area contributed by atoms with Crippen molar-refractivity contribution in [1.29, 1.82) is 0 Å². The molecule has 0 aliphatic heterocycles. The van der Waals surface area contributed by atoms with E-state index >= 15 is 0 Å². The molecule has 1 aromatic rings. The quantitative estimate of drug-likeness (QED) is 0.263. The number of aromatic nitrogens is 2. The summed E-state index contributed by atoms with van der Waals surface area (Å²) in [6, 6.07) is 0. The van der Waals surface area contributed by atoms with Crippen molar-refractivity contribution in [2.24, 2.45) is 5.73 Å². The number of ether oxygens (including phenoxy) is 3. The number of primary amides is 1. The highest BCUT2D eigenvalue weighted by molar-refractivity contribution is 5.89. The van der Waals surface area contributed by atoms with Crippen LogP contribution in [0.2, 0.25) is 0 Å². The van der Waals surface area contributed by atoms with Crippen LogP contribution in [0.25, 0.3) is 0 Å². The van der Waals surface area contributed by atoms with Gasteiger partial charge in [0.25, 0.3) is 0 Å². The summed E-state index contributed by atoms with van der Waals surface area (Å²) in [4.78, 5) is 43.6. The number of imidazole rings is 1. The summed E-state index contributed by atoms with van der Waals surface area (Å²) in [5.74, 6) is -2.34. The van der Waals surface area contributed by atoms with Crippen LogP contribution in [0, 0.1) is 0 Å². The van der Waals surface area contributed by atoms with Crippen molar-refractivity contribution in [3.8, 4) is 0 Å². The number of nitrogens with zero attached hydrogens (tertiary/aromatic N) is 2. The fourth-order valence-corrected chi connectivity index (χ4v) is 2.58. The number of aliphatic carboxylic acids is 1. The molecule has 0 spiro atoms. The summed E-state index contributed by atoms with van der Waals surface area (Å²) >= 11 is 0. The van der Waals surface area contributed by atoms with Crippen LogP contribution in [0.1, 0.15) is 25.0 Å². The number of hydrogen-bond acceptors (Lipinski definition) is 7. The number of nitrogens with two attached hydrogens (primary N) is 1. The molecule has 1 heterocycles. The molecular formula is C17H28N4O7. The van der Waals surface area contributed by atoms with E-state index < -0.39 is 23.3 Å². The molecule has 0 aliphatic rings. The van der Waals surface area contributed by atoms with Gasteiger partial charge in [0.05, 0.1) is 31.8 Å². The van der Waals surface area contributed by atoms with Crippen LogP contribution in [0.3, 0.4) is 0 Å². The first kappa shape index (κ1) is 23.5. The van der Waals surface area contributed by atoms with Crippen LogP contribution in [0.4, 0.5) is 0 Å². The number of carboxylic acid groups (broad SMARTS) is 1.